The molecule has 0 aromatic heterocycles. The summed E-state index contributed by atoms with van der Waals surface area (Å²) >= 11 is 0. The van der Waals surface area contributed by atoms with Crippen LogP contribution in [0.2, 0.25) is 0 Å². The predicted octanol–water partition coefficient (Wildman–Crippen LogP) is 1.54. The van der Waals surface area contributed by atoms with Crippen molar-refractivity contribution < 1.29 is 8.95 Å². The Morgan fingerprint density at radius 2 is 2.10 bits per heavy atom. The zero-order chi connectivity index (χ0) is 14.5. The van der Waals surface area contributed by atoms with Crippen LogP contribution in [-0.4, -0.2) is 46.9 Å². The van der Waals surface area contributed by atoms with Crippen molar-refractivity contribution >= 4 is 10.8 Å². The van der Waals surface area contributed by atoms with E-state index >= 15 is 0 Å². The lowest BCUT2D eigenvalue weighted by molar-refractivity contribution is 0.184. The Hall–Kier alpha value is -0.910. The van der Waals surface area contributed by atoms with Crippen molar-refractivity contribution in [1.29, 1.82) is 0 Å². The molecule has 0 spiro atoms. The van der Waals surface area contributed by atoms with E-state index in [1.807, 2.05) is 12.1 Å². The minimum Gasteiger partial charge on any atom is -0.497 e. The molecule has 5 heteroatoms. The van der Waals surface area contributed by atoms with Crippen molar-refractivity contribution in [3.8, 4) is 5.75 Å². The van der Waals surface area contributed by atoms with Gasteiger partial charge in [-0.2, -0.15) is 0 Å². The number of nitrogens with zero attached hydrogens (tertiary/aromatic N) is 1. The van der Waals surface area contributed by atoms with Gasteiger partial charge in [-0.25, -0.2) is 0 Å². The average Bonchev–Trinajstić information content (AvgIpc) is 2.49. The number of nitrogens with two attached hydrogens (primary N) is 1. The summed E-state index contributed by atoms with van der Waals surface area (Å²) in [5, 5.41) is 0. The maximum Gasteiger partial charge on any atom is 0.119 e. The Morgan fingerprint density at radius 3 is 2.70 bits per heavy atom. The van der Waals surface area contributed by atoms with Crippen LogP contribution in [0.1, 0.15) is 24.9 Å². The van der Waals surface area contributed by atoms with Gasteiger partial charge in [0.1, 0.15) is 5.75 Å². The number of hydrogen-bond acceptors (Lipinski definition) is 4. The topological polar surface area (TPSA) is 55.6 Å². The van der Waals surface area contributed by atoms with Crippen molar-refractivity contribution in [3.05, 3.63) is 29.8 Å². The predicted molar refractivity (Wildman–Crippen MR) is 83.5 cm³/mol. The Labute approximate surface area is 123 Å². The van der Waals surface area contributed by atoms with E-state index in [9.17, 15) is 4.21 Å². The lowest BCUT2D eigenvalue weighted by atomic mass is 9.96. The van der Waals surface area contributed by atoms with Crippen LogP contribution in [0.15, 0.2) is 24.3 Å². The maximum atomic E-state index is 11.5. The zero-order valence-electron chi connectivity index (χ0n) is 12.2. The quantitative estimate of drug-likeness (QED) is 0.895. The first-order valence-electron chi connectivity index (χ1n) is 7.14. The zero-order valence-corrected chi connectivity index (χ0v) is 13.1. The monoisotopic (exact) mass is 296 g/mol. The third-order valence-corrected chi connectivity index (χ3v) is 5.19. The van der Waals surface area contributed by atoms with Crippen molar-refractivity contribution in [2.24, 2.45) is 5.73 Å². The van der Waals surface area contributed by atoms with Gasteiger partial charge in [-0.05, 0) is 24.1 Å². The van der Waals surface area contributed by atoms with E-state index in [1.165, 1.54) is 5.56 Å². The molecule has 20 heavy (non-hydrogen) atoms. The Morgan fingerprint density at radius 1 is 1.40 bits per heavy atom. The molecule has 0 saturated carbocycles. The summed E-state index contributed by atoms with van der Waals surface area (Å²) in [4.78, 5) is 2.37. The fraction of sp³-hybridized carbons (Fsp3) is 0.600. The number of ether oxygens (including phenoxy) is 1. The van der Waals surface area contributed by atoms with Crippen LogP contribution in [0.4, 0.5) is 0 Å². The second-order valence-electron chi connectivity index (χ2n) is 5.18. The van der Waals surface area contributed by atoms with E-state index in [2.05, 4.69) is 24.0 Å². The summed E-state index contributed by atoms with van der Waals surface area (Å²) in [5.74, 6) is 2.35. The van der Waals surface area contributed by atoms with E-state index in [4.69, 9.17) is 10.5 Å². The highest BCUT2D eigenvalue weighted by molar-refractivity contribution is 7.85. The fourth-order valence-electron chi connectivity index (χ4n) is 2.71. The van der Waals surface area contributed by atoms with Crippen LogP contribution >= 0.6 is 0 Å². The molecule has 1 aliphatic heterocycles. The molecule has 1 aromatic carbocycles. The van der Waals surface area contributed by atoms with Gasteiger partial charge in [0.05, 0.1) is 13.2 Å². The summed E-state index contributed by atoms with van der Waals surface area (Å²) in [6, 6.07) is 8.37. The van der Waals surface area contributed by atoms with Crippen molar-refractivity contribution in [3.63, 3.8) is 0 Å². The van der Waals surface area contributed by atoms with Crippen LogP contribution in [0, 0.1) is 0 Å². The highest BCUT2D eigenvalue weighted by atomic mass is 32.2. The minimum atomic E-state index is -0.662. The lowest BCUT2D eigenvalue weighted by Gasteiger charge is -2.37. The van der Waals surface area contributed by atoms with Crippen LogP contribution in [0.3, 0.4) is 0 Å². The van der Waals surface area contributed by atoms with Gasteiger partial charge >= 0.3 is 0 Å². The molecule has 2 rings (SSSR count). The fourth-order valence-corrected chi connectivity index (χ4v) is 3.79. The summed E-state index contributed by atoms with van der Waals surface area (Å²) in [7, 11) is 1.02. The van der Waals surface area contributed by atoms with E-state index < -0.39 is 10.8 Å². The highest BCUT2D eigenvalue weighted by Crippen LogP contribution is 2.28. The molecular formula is C15H24N2O2S. The summed E-state index contributed by atoms with van der Waals surface area (Å²) in [6.07, 6.45) is 0.918. The standard InChI is InChI=1S/C15H24N2O2S/c1-3-14(16)15(17-7-9-20(18)10-8-17)12-5-4-6-13(11-12)19-2/h4-6,11,14-15H,3,7-10,16H2,1-2H3. The molecule has 112 valence electrons. The first-order valence-corrected chi connectivity index (χ1v) is 8.63. The van der Waals surface area contributed by atoms with Crippen molar-refractivity contribution in [1.82, 2.24) is 4.90 Å². The largest absolute Gasteiger partial charge is 0.497 e. The second-order valence-corrected chi connectivity index (χ2v) is 6.87. The molecule has 0 radical (unpaired) electrons. The van der Waals surface area contributed by atoms with E-state index in [0.29, 0.717) is 0 Å². The maximum absolute atomic E-state index is 11.5. The number of methoxy groups -OCH3 is 1. The molecule has 1 fully saturated rings. The molecule has 4 nitrogen and oxygen atoms in total. The molecular weight excluding hydrogens is 272 g/mol. The van der Waals surface area contributed by atoms with Gasteiger partial charge < -0.3 is 10.5 Å². The number of hydrogen-bond donors (Lipinski definition) is 1. The summed E-state index contributed by atoms with van der Waals surface area (Å²) in [5.41, 5.74) is 7.53. The van der Waals surface area contributed by atoms with Gasteiger partial charge in [0, 0.05) is 41.4 Å². The van der Waals surface area contributed by atoms with Crippen molar-refractivity contribution in [2.75, 3.05) is 31.7 Å². The van der Waals surface area contributed by atoms with E-state index in [-0.39, 0.29) is 12.1 Å². The molecule has 2 N–H and O–H groups in total. The molecule has 1 aromatic rings. The molecule has 0 amide bonds. The van der Waals surface area contributed by atoms with Crippen LogP contribution in [-0.2, 0) is 10.8 Å². The third kappa shape index (κ3) is 3.59. The normalized spacial score (nSPS) is 20.6. The molecule has 1 heterocycles. The first-order chi connectivity index (χ1) is 9.65. The van der Waals surface area contributed by atoms with Gasteiger partial charge in [-0.15, -0.1) is 0 Å². The second kappa shape index (κ2) is 7.20. The smallest absolute Gasteiger partial charge is 0.119 e. The molecule has 1 aliphatic rings. The van der Waals surface area contributed by atoms with Gasteiger partial charge in [0.15, 0.2) is 0 Å². The first kappa shape index (κ1) is 15.5. The van der Waals surface area contributed by atoms with E-state index in [1.54, 1.807) is 7.11 Å². The van der Waals surface area contributed by atoms with Gasteiger partial charge in [-0.1, -0.05) is 19.1 Å². The van der Waals surface area contributed by atoms with Crippen molar-refractivity contribution in [2.45, 2.75) is 25.4 Å². The molecule has 2 unspecified atom stereocenters. The Balaban J connectivity index is 2.24. The highest BCUT2D eigenvalue weighted by Gasteiger charge is 2.28. The molecule has 1 saturated heterocycles. The lowest BCUT2D eigenvalue weighted by Crippen LogP contribution is -2.46. The molecule has 2 atom stereocenters. The van der Waals surface area contributed by atoms with Gasteiger partial charge in [-0.3, -0.25) is 9.11 Å². The van der Waals surface area contributed by atoms with Crippen LogP contribution in [0.5, 0.6) is 5.75 Å². The average molecular weight is 296 g/mol. The molecule has 0 bridgehead atoms. The SMILES string of the molecule is CCC(N)C(c1cccc(OC)c1)N1CCS(=O)CC1. The Bertz CT molecular complexity index is 457. The van der Waals surface area contributed by atoms with Gasteiger partial charge in [0.25, 0.3) is 0 Å². The number of rotatable bonds is 5. The Kier molecular flexibility index (Phi) is 5.57. The number of benzene rings is 1. The molecule has 0 aliphatic carbocycles. The third-order valence-electron chi connectivity index (χ3n) is 3.92. The summed E-state index contributed by atoms with van der Waals surface area (Å²) < 4.78 is 16.9. The van der Waals surface area contributed by atoms with Gasteiger partial charge in [0.2, 0.25) is 0 Å². The van der Waals surface area contributed by atoms with Crippen LogP contribution < -0.4 is 10.5 Å². The minimum absolute atomic E-state index is 0.0774. The van der Waals surface area contributed by atoms with Crippen LogP contribution in [0.25, 0.3) is 0 Å². The van der Waals surface area contributed by atoms with E-state index in [0.717, 1.165) is 36.8 Å². The summed E-state index contributed by atoms with van der Waals surface area (Å²) in [6.45, 7) is 3.81.